The summed E-state index contributed by atoms with van der Waals surface area (Å²) in [5.74, 6) is -2.41. The fourth-order valence-corrected chi connectivity index (χ4v) is 5.61. The summed E-state index contributed by atoms with van der Waals surface area (Å²) in [6, 6.07) is 10.2. The Balaban J connectivity index is 1.46. The summed E-state index contributed by atoms with van der Waals surface area (Å²) in [5.41, 5.74) is 2.83. The molecule has 9 nitrogen and oxygen atoms in total. The average molecular weight is 688 g/mol. The monoisotopic (exact) mass is 686 g/mol. The summed E-state index contributed by atoms with van der Waals surface area (Å²) >= 11 is 18.8. The maximum atomic E-state index is 13.7. The fraction of sp³-hybridized carbons (Fsp3) is 0.276. The first-order chi connectivity index (χ1) is 21.2. The smallest absolute Gasteiger partial charge is 0.376 e. The normalized spacial score (nSPS) is 14.1. The van der Waals surface area contributed by atoms with Gasteiger partial charge < -0.3 is 30.5 Å². The van der Waals surface area contributed by atoms with Gasteiger partial charge in [-0.3, -0.25) is 9.59 Å². The zero-order valence-corrected chi connectivity index (χ0v) is 25.7. The average Bonchev–Trinajstić information content (AvgIpc) is 3.63. The maximum Gasteiger partial charge on any atom is 0.423 e. The number of amides is 2. The lowest BCUT2D eigenvalue weighted by Gasteiger charge is -2.21. The summed E-state index contributed by atoms with van der Waals surface area (Å²) in [4.78, 5) is 32.0. The molecule has 1 unspecified atom stereocenters. The lowest BCUT2D eigenvalue weighted by molar-refractivity contribution is -0.205. The highest BCUT2D eigenvalue weighted by Crippen LogP contribution is 2.37. The molecule has 1 aliphatic heterocycles. The second-order valence-corrected chi connectivity index (χ2v) is 11.5. The molecule has 0 aliphatic carbocycles. The van der Waals surface area contributed by atoms with E-state index >= 15 is 0 Å². The Morgan fingerprint density at radius 2 is 1.76 bits per heavy atom. The number of benzene rings is 3. The van der Waals surface area contributed by atoms with Crippen LogP contribution in [-0.2, 0) is 18.4 Å². The first kappa shape index (κ1) is 32.6. The highest BCUT2D eigenvalue weighted by atomic mass is 35.5. The van der Waals surface area contributed by atoms with Crippen molar-refractivity contribution in [2.75, 3.05) is 28.6 Å². The Morgan fingerprint density at radius 1 is 1.04 bits per heavy atom. The van der Waals surface area contributed by atoms with Gasteiger partial charge in [0.05, 0.1) is 43.0 Å². The van der Waals surface area contributed by atoms with Crippen molar-refractivity contribution in [3.05, 3.63) is 74.5 Å². The van der Waals surface area contributed by atoms with Gasteiger partial charge in [-0.25, -0.2) is 9.37 Å². The van der Waals surface area contributed by atoms with Crippen LogP contribution in [0.1, 0.15) is 28.8 Å². The minimum Gasteiger partial charge on any atom is -0.376 e. The fourth-order valence-electron chi connectivity index (χ4n) is 4.90. The van der Waals surface area contributed by atoms with Gasteiger partial charge in [-0.05, 0) is 54.8 Å². The number of carbonyl (C=O) groups excluding carboxylic acids is 2. The van der Waals surface area contributed by atoms with Crippen molar-refractivity contribution in [3.63, 3.8) is 0 Å². The summed E-state index contributed by atoms with van der Waals surface area (Å²) in [5, 5.41) is 17.0. The number of halogens is 7. The Morgan fingerprint density at radius 3 is 2.42 bits per heavy atom. The summed E-state index contributed by atoms with van der Waals surface area (Å²) in [6.45, 7) is 1.06. The SMILES string of the molecule is Cn1c(Nc2c(Cl)ccc(CNC(=O)C(O)C(F)(F)F)c2Cl)nc2cc(C(=O)Nc3ccc(F)c(Cl)c3)c(N3CCCC3)cc21. The van der Waals surface area contributed by atoms with E-state index in [0.717, 1.165) is 32.0 Å². The highest BCUT2D eigenvalue weighted by molar-refractivity contribution is 6.39. The van der Waals surface area contributed by atoms with Gasteiger partial charge in [0.2, 0.25) is 12.1 Å². The van der Waals surface area contributed by atoms with E-state index in [0.29, 0.717) is 28.0 Å². The summed E-state index contributed by atoms with van der Waals surface area (Å²) in [7, 11) is 1.73. The number of nitrogens with zero attached hydrogens (tertiary/aromatic N) is 3. The van der Waals surface area contributed by atoms with Gasteiger partial charge in [-0.2, -0.15) is 13.2 Å². The predicted molar refractivity (Wildman–Crippen MR) is 165 cm³/mol. The van der Waals surface area contributed by atoms with Crippen LogP contribution >= 0.6 is 34.8 Å². The first-order valence-corrected chi connectivity index (χ1v) is 14.7. The number of aliphatic hydroxyl groups excluding tert-OH is 1. The number of imidazole rings is 1. The Kier molecular flexibility index (Phi) is 9.36. The minimum absolute atomic E-state index is 0.00661. The van der Waals surface area contributed by atoms with Crippen molar-refractivity contribution in [1.82, 2.24) is 14.9 Å². The molecule has 16 heteroatoms. The maximum absolute atomic E-state index is 13.7. The van der Waals surface area contributed by atoms with Gasteiger partial charge in [0, 0.05) is 32.4 Å². The van der Waals surface area contributed by atoms with Crippen molar-refractivity contribution in [2.24, 2.45) is 7.05 Å². The Hall–Kier alpha value is -3.78. The number of nitrogens with one attached hydrogen (secondary N) is 3. The number of fused-ring (bicyclic) bond motifs is 1. The molecule has 0 spiro atoms. The highest BCUT2D eigenvalue weighted by Gasteiger charge is 2.43. The number of carbonyl (C=O) groups is 2. The van der Waals surface area contributed by atoms with Gasteiger partial charge >= 0.3 is 6.18 Å². The molecule has 238 valence electrons. The number of aliphatic hydroxyl groups is 1. The lowest BCUT2D eigenvalue weighted by Crippen LogP contribution is -2.43. The number of hydrogen-bond acceptors (Lipinski definition) is 6. The largest absolute Gasteiger partial charge is 0.423 e. The number of rotatable bonds is 8. The van der Waals surface area contributed by atoms with Crippen LogP contribution in [0.2, 0.25) is 15.1 Å². The van der Waals surface area contributed by atoms with Crippen molar-refractivity contribution < 1.29 is 32.3 Å². The number of aromatic nitrogens is 2. The van der Waals surface area contributed by atoms with Crippen LogP contribution in [0.5, 0.6) is 0 Å². The van der Waals surface area contributed by atoms with Crippen LogP contribution in [0.3, 0.4) is 0 Å². The molecule has 4 N–H and O–H groups in total. The molecule has 1 fully saturated rings. The van der Waals surface area contributed by atoms with Crippen molar-refractivity contribution in [2.45, 2.75) is 31.7 Å². The van der Waals surface area contributed by atoms with Gasteiger partial charge in [-0.1, -0.05) is 40.9 Å². The molecule has 0 radical (unpaired) electrons. The molecule has 3 aromatic carbocycles. The molecule has 1 aliphatic rings. The molecule has 1 atom stereocenters. The van der Waals surface area contributed by atoms with E-state index < -0.39 is 36.5 Å². The van der Waals surface area contributed by atoms with Crippen molar-refractivity contribution in [1.29, 1.82) is 0 Å². The van der Waals surface area contributed by atoms with Gasteiger partial charge in [0.15, 0.2) is 0 Å². The third kappa shape index (κ3) is 6.91. The molecule has 4 aromatic rings. The van der Waals surface area contributed by atoms with E-state index in [9.17, 15) is 32.3 Å². The number of aryl methyl sites for hydroxylation is 1. The Labute approximate surface area is 269 Å². The standard InChI is InChI=1S/C29H25Cl3F4N6O3/c1-41-22-12-21(42-8-2-3-9-42)16(26(44)38-15-5-7-19(33)18(31)10-15)11-20(22)39-28(41)40-24-17(30)6-4-14(23(24)32)13-37-27(45)25(43)29(34,35)36/h4-7,10-12,25,43H,2-3,8-9,13H2,1H3,(H,37,45)(H,38,44)(H,39,40). The van der Waals surface area contributed by atoms with Crippen LogP contribution in [0.4, 0.5) is 40.6 Å². The second kappa shape index (κ2) is 12.9. The summed E-state index contributed by atoms with van der Waals surface area (Å²) in [6.07, 6.45) is -6.40. The molecule has 0 bridgehead atoms. The molecule has 1 saturated heterocycles. The van der Waals surface area contributed by atoms with Crippen LogP contribution in [0.15, 0.2) is 42.5 Å². The van der Waals surface area contributed by atoms with Crippen molar-refractivity contribution >= 4 is 80.7 Å². The van der Waals surface area contributed by atoms with E-state index in [4.69, 9.17) is 34.8 Å². The molecule has 45 heavy (non-hydrogen) atoms. The van der Waals surface area contributed by atoms with Gasteiger partial charge in [-0.15, -0.1) is 0 Å². The van der Waals surface area contributed by atoms with Crippen LogP contribution in [0, 0.1) is 5.82 Å². The van der Waals surface area contributed by atoms with Gasteiger partial charge in [0.1, 0.15) is 5.82 Å². The van der Waals surface area contributed by atoms with E-state index in [2.05, 4.69) is 20.5 Å². The van der Waals surface area contributed by atoms with Crippen LogP contribution in [0.25, 0.3) is 11.0 Å². The molecule has 2 heterocycles. The number of anilines is 4. The molecular weight excluding hydrogens is 663 g/mol. The van der Waals surface area contributed by atoms with E-state index in [1.165, 1.54) is 24.3 Å². The third-order valence-corrected chi connectivity index (χ3v) is 8.32. The molecule has 0 saturated carbocycles. The third-order valence-electron chi connectivity index (χ3n) is 7.29. The van der Waals surface area contributed by atoms with Crippen LogP contribution < -0.4 is 20.9 Å². The van der Waals surface area contributed by atoms with E-state index in [1.54, 1.807) is 17.7 Å². The first-order valence-electron chi connectivity index (χ1n) is 13.5. The number of alkyl halides is 3. The predicted octanol–water partition coefficient (Wildman–Crippen LogP) is 6.81. The minimum atomic E-state index is -5.12. The zero-order valence-electron chi connectivity index (χ0n) is 23.4. The molecule has 1 aromatic heterocycles. The molecule has 5 rings (SSSR count). The topological polar surface area (TPSA) is 112 Å². The quantitative estimate of drug-likeness (QED) is 0.152. The summed E-state index contributed by atoms with van der Waals surface area (Å²) < 4.78 is 53.4. The molecule has 2 amide bonds. The Bertz CT molecular complexity index is 1790. The van der Waals surface area contributed by atoms with Gasteiger partial charge in [0.25, 0.3) is 11.8 Å². The molecular formula is C29H25Cl3F4N6O3. The van der Waals surface area contributed by atoms with Crippen molar-refractivity contribution in [3.8, 4) is 0 Å². The number of hydrogen-bond donors (Lipinski definition) is 4. The van der Waals surface area contributed by atoms with Crippen LogP contribution in [-0.4, -0.2) is 51.8 Å². The zero-order chi connectivity index (χ0) is 32.6. The lowest BCUT2D eigenvalue weighted by atomic mass is 10.1. The second-order valence-electron chi connectivity index (χ2n) is 10.3. The van der Waals surface area contributed by atoms with E-state index in [1.807, 2.05) is 11.4 Å². The van der Waals surface area contributed by atoms with E-state index in [-0.39, 0.29) is 32.3 Å².